The van der Waals surface area contributed by atoms with Crippen molar-refractivity contribution in [1.29, 1.82) is 21.0 Å². The standard InChI is InChI=1S/C39H48ClF3N10O/c1-4-6-7-8-9-10-11-12-13-14-17-31(40)32(5-2)49-38(54)50-36-30(26-47)35-29(25-46)34(39(41,42)43)37(53(35)51-36)48-33-19-18-28(24-27(33)3)52(22-15-20-44)23-16-21-45/h18-19,24,31-32H,4-17,22-23H2,1-3H3,(H2,49,50,51,54). The van der Waals surface area contributed by atoms with Gasteiger partial charge in [0.25, 0.3) is 0 Å². The van der Waals surface area contributed by atoms with E-state index in [0.29, 0.717) is 37.2 Å². The Morgan fingerprint density at radius 1 is 0.963 bits per heavy atom. The number of halogens is 4. The molecule has 0 fully saturated rings. The molecule has 2 N–H and O–H groups in total. The number of anilines is 2. The first-order valence-electron chi connectivity index (χ1n) is 18.6. The van der Waals surface area contributed by atoms with E-state index in [1.807, 2.05) is 17.9 Å². The van der Waals surface area contributed by atoms with Gasteiger partial charge >= 0.3 is 12.2 Å². The van der Waals surface area contributed by atoms with Crippen LogP contribution < -0.4 is 15.5 Å². The fraction of sp³-hybridized carbons (Fsp3) is 0.564. The zero-order chi connectivity index (χ0) is 39.7. The molecule has 2 atom stereocenters. The van der Waals surface area contributed by atoms with Crippen LogP contribution in [0, 0.1) is 52.2 Å². The molecular formula is C39H48ClF3N10O. The lowest BCUT2D eigenvalue weighted by Crippen LogP contribution is -2.43. The summed E-state index contributed by atoms with van der Waals surface area (Å²) in [6.45, 7) is 6.41. The largest absolute Gasteiger partial charge is 0.421 e. The second-order valence-corrected chi connectivity index (χ2v) is 13.8. The number of rotatable bonds is 21. The molecule has 1 aliphatic heterocycles. The van der Waals surface area contributed by atoms with Crippen LogP contribution in [0.1, 0.15) is 121 Å². The number of carbonyl (C=O) groups excluding carboxylic acids is 1. The molecule has 0 radical (unpaired) electrons. The van der Waals surface area contributed by atoms with Crippen molar-refractivity contribution in [3.8, 4) is 24.3 Å². The number of aromatic nitrogens is 2. The molecule has 2 unspecified atom stereocenters. The summed E-state index contributed by atoms with van der Waals surface area (Å²) < 4.78 is 44.4. The van der Waals surface area contributed by atoms with Gasteiger partial charge in [-0.15, -0.1) is 16.7 Å². The van der Waals surface area contributed by atoms with E-state index in [0.717, 1.165) is 23.9 Å². The van der Waals surface area contributed by atoms with Gasteiger partial charge in [-0.1, -0.05) is 78.1 Å². The van der Waals surface area contributed by atoms with Crippen molar-refractivity contribution in [1.82, 2.24) is 15.1 Å². The summed E-state index contributed by atoms with van der Waals surface area (Å²) in [6.07, 6.45) is 8.43. The number of nitriles is 4. The van der Waals surface area contributed by atoms with Crippen molar-refractivity contribution in [2.45, 2.75) is 128 Å². The van der Waals surface area contributed by atoms with Gasteiger partial charge in [-0.05, 0) is 43.5 Å². The number of benzene rings is 1. The Hall–Kier alpha value is -5.05. The van der Waals surface area contributed by atoms with Crippen LogP contribution in [-0.4, -0.2) is 52.3 Å². The van der Waals surface area contributed by atoms with Gasteiger partial charge in [-0.3, -0.25) is 5.32 Å². The van der Waals surface area contributed by atoms with Crippen molar-refractivity contribution in [3.05, 3.63) is 40.6 Å². The van der Waals surface area contributed by atoms with Crippen LogP contribution in [0.15, 0.2) is 28.8 Å². The zero-order valence-corrected chi connectivity index (χ0v) is 32.0. The molecule has 11 nitrogen and oxygen atoms in total. The van der Waals surface area contributed by atoms with E-state index in [9.17, 15) is 28.5 Å². The predicted molar refractivity (Wildman–Crippen MR) is 204 cm³/mol. The maximum absolute atomic E-state index is 14.6. The van der Waals surface area contributed by atoms with E-state index in [1.165, 1.54) is 51.0 Å². The van der Waals surface area contributed by atoms with Crippen LogP contribution >= 0.6 is 11.6 Å². The summed E-state index contributed by atoms with van der Waals surface area (Å²) in [5.74, 6) is -1.07. The van der Waals surface area contributed by atoms with Crippen molar-refractivity contribution in [3.63, 3.8) is 0 Å². The summed E-state index contributed by atoms with van der Waals surface area (Å²) in [4.78, 5) is 19.3. The summed E-state index contributed by atoms with van der Waals surface area (Å²) >= 11 is 6.69. The third-order valence-electron chi connectivity index (χ3n) is 9.32. The van der Waals surface area contributed by atoms with Gasteiger partial charge in [-0.25, -0.2) is 14.5 Å². The number of amides is 2. The van der Waals surface area contributed by atoms with E-state index in [2.05, 4.69) is 39.8 Å². The summed E-state index contributed by atoms with van der Waals surface area (Å²) in [5, 5.41) is 47.2. The number of alkyl halides is 4. The van der Waals surface area contributed by atoms with Crippen LogP contribution in [0.25, 0.3) is 5.57 Å². The highest BCUT2D eigenvalue weighted by molar-refractivity contribution is 6.21. The van der Waals surface area contributed by atoms with Gasteiger partial charge in [0.2, 0.25) is 0 Å². The highest BCUT2D eigenvalue weighted by Crippen LogP contribution is 2.42. The number of fused-ring (bicyclic) bond motifs is 1. The molecule has 2 amide bonds. The molecule has 2 aromatic rings. The minimum Gasteiger partial charge on any atom is -0.369 e. The lowest BCUT2D eigenvalue weighted by molar-refractivity contribution is -0.0854. The van der Waals surface area contributed by atoms with Crippen molar-refractivity contribution < 1.29 is 18.0 Å². The molecule has 1 aromatic carbocycles. The predicted octanol–water partition coefficient (Wildman–Crippen LogP) is 9.95. The summed E-state index contributed by atoms with van der Waals surface area (Å²) in [6, 6.07) is 11.1. The molecule has 0 spiro atoms. The van der Waals surface area contributed by atoms with Gasteiger partial charge in [0.15, 0.2) is 11.7 Å². The van der Waals surface area contributed by atoms with E-state index >= 15 is 0 Å². The van der Waals surface area contributed by atoms with Crippen LogP contribution in [0.3, 0.4) is 0 Å². The van der Waals surface area contributed by atoms with Crippen LogP contribution in [0.5, 0.6) is 0 Å². The molecule has 288 valence electrons. The van der Waals surface area contributed by atoms with Crippen molar-refractivity contribution >= 4 is 46.2 Å². The Balaban J connectivity index is 1.82. The van der Waals surface area contributed by atoms with Crippen molar-refractivity contribution in [2.24, 2.45) is 4.99 Å². The Morgan fingerprint density at radius 2 is 1.57 bits per heavy atom. The maximum atomic E-state index is 14.6. The van der Waals surface area contributed by atoms with Crippen LogP contribution in [0.4, 0.5) is 35.2 Å². The van der Waals surface area contributed by atoms with Crippen LogP contribution in [0.2, 0.25) is 0 Å². The molecule has 3 rings (SSSR count). The Bertz CT molecular complexity index is 1810. The number of carbonyl (C=O) groups is 1. The molecule has 1 aromatic heterocycles. The number of hydrogen-bond donors (Lipinski definition) is 2. The lowest BCUT2D eigenvalue weighted by Gasteiger charge is -2.23. The highest BCUT2D eigenvalue weighted by Gasteiger charge is 2.48. The number of unbranched alkanes of at least 4 members (excludes halogenated alkanes) is 9. The number of urea groups is 1. The number of nitrogens with zero attached hydrogens (tertiary/aromatic N) is 8. The number of aliphatic imine (C=N–C) groups is 1. The van der Waals surface area contributed by atoms with E-state index in [-0.39, 0.29) is 29.7 Å². The molecule has 0 saturated carbocycles. The highest BCUT2D eigenvalue weighted by atomic mass is 35.5. The van der Waals surface area contributed by atoms with Gasteiger partial charge in [0.1, 0.15) is 29.0 Å². The van der Waals surface area contributed by atoms with Gasteiger partial charge in [0, 0.05) is 24.8 Å². The SMILES string of the molecule is CCCCCCCCCCCCC(Cl)C(CC)NC(=O)Nc1nn2c(c1C#N)C(C#N)=C(C(F)(F)F)C2=Nc1ccc(N(CCC#N)CCC#N)cc1C. The minimum absolute atomic E-state index is 0.128. The summed E-state index contributed by atoms with van der Waals surface area (Å²) in [7, 11) is 0. The molecule has 0 saturated heterocycles. The second-order valence-electron chi connectivity index (χ2n) is 13.3. The summed E-state index contributed by atoms with van der Waals surface area (Å²) in [5.41, 5.74) is -1.83. The van der Waals surface area contributed by atoms with Gasteiger partial charge in [-0.2, -0.15) is 34.2 Å². The van der Waals surface area contributed by atoms with E-state index in [4.69, 9.17) is 22.1 Å². The van der Waals surface area contributed by atoms with E-state index in [1.54, 1.807) is 25.1 Å². The maximum Gasteiger partial charge on any atom is 0.421 e. The normalized spacial score (nSPS) is 14.1. The fourth-order valence-corrected chi connectivity index (χ4v) is 6.81. The smallest absolute Gasteiger partial charge is 0.369 e. The quantitative estimate of drug-likeness (QED) is 0.0941. The lowest BCUT2D eigenvalue weighted by atomic mass is 10.0. The molecule has 54 heavy (non-hydrogen) atoms. The average molecular weight is 765 g/mol. The van der Waals surface area contributed by atoms with Gasteiger partial charge < -0.3 is 10.2 Å². The Kier molecular flexibility index (Phi) is 17.3. The zero-order valence-electron chi connectivity index (χ0n) is 31.2. The van der Waals surface area contributed by atoms with Gasteiger partial charge in [0.05, 0.1) is 41.6 Å². The Morgan fingerprint density at radius 3 is 2.09 bits per heavy atom. The molecule has 2 heterocycles. The number of hydrogen-bond acceptors (Lipinski definition) is 8. The molecule has 1 aliphatic rings. The minimum atomic E-state index is -5.04. The topological polar surface area (TPSA) is 170 Å². The first-order valence-corrected chi connectivity index (χ1v) is 19.0. The Labute approximate surface area is 321 Å². The molecular weight excluding hydrogens is 717 g/mol. The second kappa shape index (κ2) is 21.6. The molecule has 0 bridgehead atoms. The number of nitrogens with one attached hydrogen (secondary N) is 2. The first kappa shape index (κ1) is 43.4. The monoisotopic (exact) mass is 764 g/mol. The third kappa shape index (κ3) is 11.7. The first-order chi connectivity index (χ1) is 25.9. The molecule has 0 aliphatic carbocycles. The van der Waals surface area contributed by atoms with Crippen molar-refractivity contribution in [2.75, 3.05) is 23.3 Å². The third-order valence-corrected chi connectivity index (χ3v) is 9.84. The fourth-order valence-electron chi connectivity index (χ4n) is 6.42. The van der Waals surface area contributed by atoms with E-state index < -0.39 is 46.5 Å². The average Bonchev–Trinajstić information content (AvgIpc) is 3.65. The van der Waals surface area contributed by atoms with Crippen LogP contribution in [-0.2, 0) is 0 Å². The number of allylic oxidation sites excluding steroid dienone is 2. The molecule has 15 heteroatoms. The number of aryl methyl sites for hydroxylation is 1.